The molecule has 0 saturated heterocycles. The molecule has 0 saturated carbocycles. The van der Waals surface area contributed by atoms with E-state index in [1.54, 1.807) is 30.0 Å². The van der Waals surface area contributed by atoms with Crippen molar-refractivity contribution in [2.45, 2.75) is 63.9 Å². The molecule has 1 aliphatic rings. The SMILES string of the molecule is CCC[C@H](Cc1ccc(-c2cn3c(n2)SCC3)cc1)NC(=O)c1ccc(OC(C)C)c(C#N)c1. The van der Waals surface area contributed by atoms with Crippen molar-refractivity contribution in [3.63, 3.8) is 0 Å². The summed E-state index contributed by atoms with van der Waals surface area (Å²) in [6.45, 7) is 6.95. The van der Waals surface area contributed by atoms with Gasteiger partial charge in [-0.15, -0.1) is 0 Å². The van der Waals surface area contributed by atoms with Gasteiger partial charge in [-0.1, -0.05) is 49.4 Å². The van der Waals surface area contributed by atoms with Gasteiger partial charge in [0.05, 0.1) is 17.4 Å². The van der Waals surface area contributed by atoms with E-state index in [1.165, 1.54) is 5.56 Å². The standard InChI is InChI=1S/C27H30N4O2S/c1-4-5-23(29-26(32)21-10-11-25(33-18(2)3)22(15-21)16-28)14-19-6-8-20(9-7-19)24-17-31-12-13-34-27(31)30-24/h6-11,15,17-18,23H,4-5,12-14H2,1-3H3,(H,29,32)/t23-/m1/s1. The summed E-state index contributed by atoms with van der Waals surface area (Å²) in [5.74, 6) is 1.42. The molecule has 7 heteroatoms. The third kappa shape index (κ3) is 5.63. The summed E-state index contributed by atoms with van der Waals surface area (Å²) in [5, 5.41) is 13.7. The molecule has 3 aromatic rings. The number of benzene rings is 2. The maximum atomic E-state index is 13.0. The molecule has 176 valence electrons. The highest BCUT2D eigenvalue weighted by Crippen LogP contribution is 2.29. The number of carbonyl (C=O) groups is 1. The normalized spacial score (nSPS) is 13.4. The third-order valence-electron chi connectivity index (χ3n) is 5.73. The summed E-state index contributed by atoms with van der Waals surface area (Å²) in [5.41, 5.74) is 4.12. The summed E-state index contributed by atoms with van der Waals surface area (Å²) in [7, 11) is 0. The second-order valence-corrected chi connectivity index (χ2v) is 9.86. The lowest BCUT2D eigenvalue weighted by Gasteiger charge is -2.19. The molecule has 0 bridgehead atoms. The quantitative estimate of drug-likeness (QED) is 0.446. The van der Waals surface area contributed by atoms with Crippen LogP contribution in [-0.2, 0) is 13.0 Å². The first kappa shape index (κ1) is 23.9. The summed E-state index contributed by atoms with van der Waals surface area (Å²) in [4.78, 5) is 17.7. The fourth-order valence-electron chi connectivity index (χ4n) is 4.10. The van der Waals surface area contributed by atoms with E-state index in [9.17, 15) is 10.1 Å². The van der Waals surface area contributed by atoms with Crippen molar-refractivity contribution in [1.82, 2.24) is 14.9 Å². The first-order valence-electron chi connectivity index (χ1n) is 11.8. The largest absolute Gasteiger partial charge is 0.490 e. The van der Waals surface area contributed by atoms with Gasteiger partial charge in [0.1, 0.15) is 11.8 Å². The van der Waals surface area contributed by atoms with Crippen LogP contribution in [0, 0.1) is 11.3 Å². The Morgan fingerprint density at radius 3 is 2.74 bits per heavy atom. The van der Waals surface area contributed by atoms with Crippen molar-refractivity contribution in [2.75, 3.05) is 5.75 Å². The monoisotopic (exact) mass is 474 g/mol. The Bertz CT molecular complexity index is 1170. The number of aryl methyl sites for hydroxylation is 1. The molecule has 34 heavy (non-hydrogen) atoms. The minimum Gasteiger partial charge on any atom is -0.490 e. The van der Waals surface area contributed by atoms with Gasteiger partial charge in [0, 0.05) is 35.7 Å². The van der Waals surface area contributed by atoms with E-state index in [4.69, 9.17) is 9.72 Å². The number of carbonyl (C=O) groups excluding carboxylic acids is 1. The molecule has 2 aromatic carbocycles. The lowest BCUT2D eigenvalue weighted by Crippen LogP contribution is -2.36. The predicted octanol–water partition coefficient (Wildman–Crippen LogP) is 5.46. The van der Waals surface area contributed by atoms with Gasteiger partial charge in [0.25, 0.3) is 5.91 Å². The second kappa shape index (κ2) is 10.8. The van der Waals surface area contributed by atoms with Crippen molar-refractivity contribution in [1.29, 1.82) is 5.26 Å². The van der Waals surface area contributed by atoms with Crippen molar-refractivity contribution >= 4 is 17.7 Å². The average molecular weight is 475 g/mol. The van der Waals surface area contributed by atoms with E-state index in [0.29, 0.717) is 16.9 Å². The Morgan fingerprint density at radius 2 is 2.06 bits per heavy atom. The van der Waals surface area contributed by atoms with Gasteiger partial charge in [-0.3, -0.25) is 4.79 Å². The fraction of sp³-hybridized carbons (Fsp3) is 0.370. The van der Waals surface area contributed by atoms with Crippen LogP contribution < -0.4 is 10.1 Å². The molecule has 1 aliphatic heterocycles. The zero-order valence-electron chi connectivity index (χ0n) is 19.9. The molecule has 0 unspecified atom stereocenters. The summed E-state index contributed by atoms with van der Waals surface area (Å²) < 4.78 is 7.88. The van der Waals surface area contributed by atoms with Crippen LogP contribution in [0.3, 0.4) is 0 Å². The molecule has 1 N–H and O–H groups in total. The van der Waals surface area contributed by atoms with Gasteiger partial charge in [-0.05, 0) is 50.5 Å². The van der Waals surface area contributed by atoms with Crippen LogP contribution in [0.15, 0.2) is 53.8 Å². The van der Waals surface area contributed by atoms with Crippen LogP contribution in [0.1, 0.15) is 55.1 Å². The Hall–Kier alpha value is -3.24. The lowest BCUT2D eigenvalue weighted by molar-refractivity contribution is 0.0934. The number of amides is 1. The van der Waals surface area contributed by atoms with E-state index in [2.05, 4.69) is 53.3 Å². The predicted molar refractivity (Wildman–Crippen MR) is 135 cm³/mol. The lowest BCUT2D eigenvalue weighted by atomic mass is 9.99. The minimum absolute atomic E-state index is 0.00767. The maximum Gasteiger partial charge on any atom is 0.251 e. The van der Waals surface area contributed by atoms with Crippen molar-refractivity contribution in [2.24, 2.45) is 0 Å². The van der Waals surface area contributed by atoms with E-state index >= 15 is 0 Å². The van der Waals surface area contributed by atoms with Crippen LogP contribution in [0.25, 0.3) is 11.3 Å². The topological polar surface area (TPSA) is 79.9 Å². The number of imidazole rings is 1. The number of fused-ring (bicyclic) bond motifs is 1. The van der Waals surface area contributed by atoms with Gasteiger partial charge in [0.2, 0.25) is 0 Å². The number of ether oxygens (including phenoxy) is 1. The average Bonchev–Trinajstić information content (AvgIpc) is 3.42. The molecule has 4 rings (SSSR count). The first-order chi connectivity index (χ1) is 16.5. The van der Waals surface area contributed by atoms with Crippen molar-refractivity contribution < 1.29 is 9.53 Å². The molecule has 2 heterocycles. The molecular formula is C27H30N4O2S. The van der Waals surface area contributed by atoms with E-state index in [1.807, 2.05) is 13.8 Å². The number of aromatic nitrogens is 2. The summed E-state index contributed by atoms with van der Waals surface area (Å²) in [6, 6.07) is 15.6. The van der Waals surface area contributed by atoms with Gasteiger partial charge in [-0.25, -0.2) is 4.98 Å². The molecule has 0 fully saturated rings. The molecular weight excluding hydrogens is 444 g/mol. The summed E-state index contributed by atoms with van der Waals surface area (Å²) in [6.07, 6.45) is 4.66. The first-order valence-corrected chi connectivity index (χ1v) is 12.8. The molecule has 0 spiro atoms. The molecule has 1 atom stereocenters. The van der Waals surface area contributed by atoms with Gasteiger partial charge < -0.3 is 14.6 Å². The second-order valence-electron chi connectivity index (χ2n) is 8.80. The van der Waals surface area contributed by atoms with Gasteiger partial charge in [-0.2, -0.15) is 5.26 Å². The third-order valence-corrected chi connectivity index (χ3v) is 6.70. The van der Waals surface area contributed by atoms with Crippen LogP contribution in [0.2, 0.25) is 0 Å². The minimum atomic E-state index is -0.173. The molecule has 0 radical (unpaired) electrons. The number of thioether (sulfide) groups is 1. The van der Waals surface area contributed by atoms with Crippen LogP contribution in [0.4, 0.5) is 0 Å². The molecule has 6 nitrogen and oxygen atoms in total. The van der Waals surface area contributed by atoms with Crippen LogP contribution in [0.5, 0.6) is 5.75 Å². The van der Waals surface area contributed by atoms with Gasteiger partial charge in [0.15, 0.2) is 5.16 Å². The molecule has 0 aliphatic carbocycles. The zero-order valence-corrected chi connectivity index (χ0v) is 20.7. The maximum absolute atomic E-state index is 13.0. The highest BCUT2D eigenvalue weighted by molar-refractivity contribution is 7.99. The Balaban J connectivity index is 1.43. The Labute approximate surface area is 205 Å². The van der Waals surface area contributed by atoms with Crippen molar-refractivity contribution in [3.8, 4) is 23.1 Å². The number of nitrogens with zero attached hydrogens (tertiary/aromatic N) is 3. The van der Waals surface area contributed by atoms with Gasteiger partial charge >= 0.3 is 0 Å². The summed E-state index contributed by atoms with van der Waals surface area (Å²) >= 11 is 1.80. The highest BCUT2D eigenvalue weighted by atomic mass is 32.2. The van der Waals surface area contributed by atoms with E-state index in [-0.39, 0.29) is 18.1 Å². The smallest absolute Gasteiger partial charge is 0.251 e. The number of hydrogen-bond donors (Lipinski definition) is 1. The van der Waals surface area contributed by atoms with Crippen molar-refractivity contribution in [3.05, 3.63) is 65.4 Å². The van der Waals surface area contributed by atoms with Crippen LogP contribution in [-0.4, -0.2) is 33.4 Å². The molecule has 1 amide bonds. The number of nitriles is 1. The van der Waals surface area contributed by atoms with E-state index < -0.39 is 0 Å². The molecule has 1 aromatic heterocycles. The number of hydrogen-bond acceptors (Lipinski definition) is 5. The Morgan fingerprint density at radius 1 is 1.26 bits per heavy atom. The fourth-order valence-corrected chi connectivity index (χ4v) is 5.05. The number of rotatable bonds is 9. The zero-order chi connectivity index (χ0) is 24.1. The Kier molecular flexibility index (Phi) is 7.59. The number of nitrogens with one attached hydrogen (secondary N) is 1. The highest BCUT2D eigenvalue weighted by Gasteiger charge is 2.18. The van der Waals surface area contributed by atoms with E-state index in [0.717, 1.165) is 48.0 Å². The van der Waals surface area contributed by atoms with Crippen LogP contribution >= 0.6 is 11.8 Å².